The molecule has 9 heteroatoms. The topological polar surface area (TPSA) is 81.7 Å². The predicted molar refractivity (Wildman–Crippen MR) is 150 cm³/mol. The second kappa shape index (κ2) is 11.0. The number of amides is 2. The van der Waals surface area contributed by atoms with Crippen molar-refractivity contribution in [3.8, 4) is 0 Å². The van der Waals surface area contributed by atoms with E-state index in [0.717, 1.165) is 50.2 Å². The Morgan fingerprint density at radius 1 is 1.03 bits per heavy atom. The lowest BCUT2D eigenvalue weighted by molar-refractivity contribution is 0.0709. The Morgan fingerprint density at radius 2 is 1.79 bits per heavy atom. The molecule has 38 heavy (non-hydrogen) atoms. The molecule has 2 aromatic carbocycles. The van der Waals surface area contributed by atoms with E-state index in [1.165, 1.54) is 5.56 Å². The molecule has 2 heterocycles. The van der Waals surface area contributed by atoms with Crippen molar-refractivity contribution in [1.82, 2.24) is 20.2 Å². The minimum atomic E-state index is -0.199. The van der Waals surface area contributed by atoms with Crippen molar-refractivity contribution < 1.29 is 9.59 Å². The smallest absolute Gasteiger partial charge is 0.253 e. The van der Waals surface area contributed by atoms with Crippen LogP contribution in [0.4, 0.5) is 11.8 Å². The number of hydrogen-bond donors (Lipinski definition) is 1. The normalized spacial score (nSPS) is 17.2. The van der Waals surface area contributed by atoms with Crippen molar-refractivity contribution in [3.63, 3.8) is 0 Å². The van der Waals surface area contributed by atoms with Crippen LogP contribution < -0.4 is 15.1 Å². The number of benzene rings is 2. The molecule has 198 valence electrons. The van der Waals surface area contributed by atoms with Gasteiger partial charge in [-0.2, -0.15) is 4.98 Å². The second-order valence-electron chi connectivity index (χ2n) is 10.2. The molecule has 0 radical (unpaired) electrons. The zero-order valence-corrected chi connectivity index (χ0v) is 22.8. The third-order valence-electron chi connectivity index (χ3n) is 7.58. The zero-order valence-electron chi connectivity index (χ0n) is 22.0. The lowest BCUT2D eigenvalue weighted by Gasteiger charge is -2.37. The van der Waals surface area contributed by atoms with Gasteiger partial charge in [0.25, 0.3) is 11.8 Å². The summed E-state index contributed by atoms with van der Waals surface area (Å²) in [6.07, 6.45) is 5.19. The van der Waals surface area contributed by atoms with Gasteiger partial charge < -0.3 is 20.0 Å². The largest absolute Gasteiger partial charge is 0.356 e. The van der Waals surface area contributed by atoms with E-state index < -0.39 is 0 Å². The zero-order chi connectivity index (χ0) is 26.8. The fourth-order valence-electron chi connectivity index (χ4n) is 5.35. The first-order valence-corrected chi connectivity index (χ1v) is 13.4. The van der Waals surface area contributed by atoms with Crippen LogP contribution in [0.15, 0.2) is 54.7 Å². The van der Waals surface area contributed by atoms with Crippen LogP contribution >= 0.6 is 11.6 Å². The van der Waals surface area contributed by atoms with Gasteiger partial charge in [0.05, 0.1) is 16.6 Å². The maximum absolute atomic E-state index is 13.5. The number of rotatable bonds is 6. The molecule has 0 bridgehead atoms. The molecule has 0 saturated carbocycles. The van der Waals surface area contributed by atoms with E-state index in [0.29, 0.717) is 22.1 Å². The molecule has 1 atom stereocenters. The van der Waals surface area contributed by atoms with Crippen molar-refractivity contribution >= 4 is 35.2 Å². The van der Waals surface area contributed by atoms with Crippen molar-refractivity contribution in [2.75, 3.05) is 44.0 Å². The second-order valence-corrected chi connectivity index (χ2v) is 10.6. The summed E-state index contributed by atoms with van der Waals surface area (Å²) in [5, 5.41) is 3.54. The fraction of sp³-hybridized carbons (Fsp3) is 0.379. The summed E-state index contributed by atoms with van der Waals surface area (Å²) in [6, 6.07) is 14.9. The van der Waals surface area contributed by atoms with Gasteiger partial charge in [-0.15, -0.1) is 0 Å². The third-order valence-corrected chi connectivity index (χ3v) is 7.91. The van der Waals surface area contributed by atoms with Crippen LogP contribution in [0.5, 0.6) is 0 Å². The van der Waals surface area contributed by atoms with Crippen molar-refractivity contribution in [3.05, 3.63) is 82.0 Å². The highest BCUT2D eigenvalue weighted by molar-refractivity contribution is 6.33. The molecule has 1 aromatic heterocycles. The first-order valence-electron chi connectivity index (χ1n) is 13.0. The quantitative estimate of drug-likeness (QED) is 0.508. The van der Waals surface area contributed by atoms with Crippen molar-refractivity contribution in [2.45, 2.75) is 37.8 Å². The molecular formula is C29H33ClN6O2. The number of carbonyl (C=O) groups is 2. The molecular weight excluding hydrogens is 500 g/mol. The number of nitrogens with zero attached hydrogens (tertiary/aromatic N) is 5. The van der Waals surface area contributed by atoms with Gasteiger partial charge in [0.2, 0.25) is 5.95 Å². The number of anilines is 2. The summed E-state index contributed by atoms with van der Waals surface area (Å²) in [5.41, 5.74) is 3.30. The van der Waals surface area contributed by atoms with Crippen molar-refractivity contribution in [1.29, 1.82) is 0 Å². The maximum Gasteiger partial charge on any atom is 0.253 e. The highest BCUT2D eigenvalue weighted by Gasteiger charge is 2.29. The number of aromatic nitrogens is 2. The van der Waals surface area contributed by atoms with Crippen molar-refractivity contribution in [2.24, 2.45) is 0 Å². The van der Waals surface area contributed by atoms with Gasteiger partial charge in [-0.25, -0.2) is 4.98 Å². The van der Waals surface area contributed by atoms with Crippen LogP contribution in [-0.4, -0.2) is 67.0 Å². The number of hydrogen-bond acceptors (Lipinski definition) is 6. The monoisotopic (exact) mass is 532 g/mol. The maximum atomic E-state index is 13.5. The van der Waals surface area contributed by atoms with Gasteiger partial charge in [-0.1, -0.05) is 29.8 Å². The van der Waals surface area contributed by atoms with E-state index in [4.69, 9.17) is 11.6 Å². The summed E-state index contributed by atoms with van der Waals surface area (Å²) >= 11 is 6.22. The highest BCUT2D eigenvalue weighted by atomic mass is 35.5. The third kappa shape index (κ3) is 5.31. The minimum absolute atomic E-state index is 0.00580. The summed E-state index contributed by atoms with van der Waals surface area (Å²) in [6.45, 7) is 1.65. The molecule has 5 rings (SSSR count). The van der Waals surface area contributed by atoms with Crippen LogP contribution in [0.1, 0.15) is 57.1 Å². The Bertz CT molecular complexity index is 1340. The van der Waals surface area contributed by atoms with E-state index in [1.54, 1.807) is 30.5 Å². The van der Waals surface area contributed by atoms with Gasteiger partial charge in [0.1, 0.15) is 5.82 Å². The number of aryl methyl sites for hydroxylation is 1. The average Bonchev–Trinajstić information content (AvgIpc) is 3.34. The lowest BCUT2D eigenvalue weighted by Crippen LogP contribution is -2.46. The first kappa shape index (κ1) is 26.0. The lowest BCUT2D eigenvalue weighted by atomic mass is 10.00. The Kier molecular flexibility index (Phi) is 7.51. The van der Waals surface area contributed by atoms with Crippen LogP contribution in [0, 0.1) is 0 Å². The predicted octanol–water partition coefficient (Wildman–Crippen LogP) is 4.35. The van der Waals surface area contributed by atoms with Gasteiger partial charge >= 0.3 is 0 Å². The standard InChI is InChI=1S/C29H33ClN6O2/c1-34(2)29-31-15-12-26(33-29)36-16-13-21(14-17-36)35(3)28(38)20-9-8-19-10-11-25(23(19)18-20)32-27(37)22-6-4-5-7-24(22)30/h4-9,12,15,18,21,25H,10-11,13-14,16-17H2,1-3H3,(H,32,37). The van der Waals surface area contributed by atoms with E-state index in [2.05, 4.69) is 20.2 Å². The Hall–Kier alpha value is -3.65. The van der Waals surface area contributed by atoms with Gasteiger partial charge in [0, 0.05) is 52.0 Å². The number of nitrogens with one attached hydrogen (secondary N) is 1. The molecule has 8 nitrogen and oxygen atoms in total. The van der Waals surface area contributed by atoms with Crippen LogP contribution in [0.25, 0.3) is 0 Å². The minimum Gasteiger partial charge on any atom is -0.356 e. The number of fused-ring (bicyclic) bond motifs is 1. The number of piperidine rings is 1. The van der Waals surface area contributed by atoms with Crippen LogP contribution in [-0.2, 0) is 6.42 Å². The van der Waals surface area contributed by atoms with E-state index >= 15 is 0 Å². The van der Waals surface area contributed by atoms with E-state index in [-0.39, 0.29) is 23.9 Å². The molecule has 1 aliphatic carbocycles. The summed E-state index contributed by atoms with van der Waals surface area (Å²) in [7, 11) is 5.75. The molecule has 1 fully saturated rings. The summed E-state index contributed by atoms with van der Waals surface area (Å²) in [4.78, 5) is 41.3. The SMILES string of the molecule is CN(C)c1nccc(N2CCC(N(C)C(=O)c3ccc4c(c3)C(NC(=O)c3ccccc3Cl)CC4)CC2)n1. The molecule has 1 N–H and O–H groups in total. The van der Waals surface area contributed by atoms with E-state index in [9.17, 15) is 9.59 Å². The summed E-state index contributed by atoms with van der Waals surface area (Å²) in [5.74, 6) is 1.41. The van der Waals surface area contributed by atoms with Gasteiger partial charge in [-0.3, -0.25) is 9.59 Å². The van der Waals surface area contributed by atoms with Gasteiger partial charge in [-0.05, 0) is 67.1 Å². The Balaban J connectivity index is 1.24. The molecule has 1 unspecified atom stereocenters. The molecule has 2 amide bonds. The number of carbonyl (C=O) groups excluding carboxylic acids is 2. The van der Waals surface area contributed by atoms with Crippen LogP contribution in [0.3, 0.4) is 0 Å². The molecule has 0 spiro atoms. The Labute approximate surface area is 228 Å². The van der Waals surface area contributed by atoms with Crippen LogP contribution in [0.2, 0.25) is 5.02 Å². The van der Waals surface area contributed by atoms with Gasteiger partial charge in [0.15, 0.2) is 0 Å². The highest BCUT2D eigenvalue weighted by Crippen LogP contribution is 2.33. The van der Waals surface area contributed by atoms with E-state index in [1.807, 2.05) is 55.2 Å². The number of halogens is 1. The molecule has 3 aromatic rings. The molecule has 1 saturated heterocycles. The molecule has 1 aliphatic heterocycles. The Morgan fingerprint density at radius 3 is 2.53 bits per heavy atom. The molecule has 2 aliphatic rings. The summed E-state index contributed by atoms with van der Waals surface area (Å²) < 4.78 is 0. The first-order chi connectivity index (χ1) is 18.3. The average molecular weight is 533 g/mol. The fourth-order valence-corrected chi connectivity index (χ4v) is 5.57.